The van der Waals surface area contributed by atoms with Crippen LogP contribution in [0.15, 0.2) is 6.20 Å². The molecule has 3 N–H and O–H groups in total. The van der Waals surface area contributed by atoms with Gasteiger partial charge in [0.25, 0.3) is 0 Å². The predicted octanol–water partition coefficient (Wildman–Crippen LogP) is 0.174. The first kappa shape index (κ1) is 12.5. The van der Waals surface area contributed by atoms with Crippen molar-refractivity contribution in [2.24, 2.45) is 5.92 Å². The van der Waals surface area contributed by atoms with Gasteiger partial charge in [-0.2, -0.15) is 4.98 Å². The molecule has 18 heavy (non-hydrogen) atoms. The maximum Gasteiger partial charge on any atom is 0.329 e. The fourth-order valence-corrected chi connectivity index (χ4v) is 2.02. The lowest BCUT2D eigenvalue weighted by molar-refractivity contribution is -0.384. The topological polar surface area (TPSA) is 118 Å². The molecule has 0 saturated heterocycles. The second-order valence-corrected chi connectivity index (χ2v) is 4.57. The molecule has 1 fully saturated rings. The second kappa shape index (κ2) is 4.73. The van der Waals surface area contributed by atoms with Crippen molar-refractivity contribution >= 4 is 17.5 Å². The average Bonchev–Trinajstić information content (AvgIpc) is 2.26. The Balaban J connectivity index is 2.04. The Bertz CT molecular complexity index is 461. The number of anilines is 2. The van der Waals surface area contributed by atoms with Crippen molar-refractivity contribution < 1.29 is 10.0 Å². The number of rotatable bonds is 4. The Labute approximate surface area is 104 Å². The lowest BCUT2D eigenvalue weighted by Gasteiger charge is -2.34. The summed E-state index contributed by atoms with van der Waals surface area (Å²) in [5.41, 5.74) is 5.21. The van der Waals surface area contributed by atoms with Gasteiger partial charge in [-0.05, 0) is 18.8 Å². The van der Waals surface area contributed by atoms with Crippen molar-refractivity contribution in [2.75, 3.05) is 24.2 Å². The fourth-order valence-electron chi connectivity index (χ4n) is 2.02. The molecule has 0 amide bonds. The van der Waals surface area contributed by atoms with Crippen LogP contribution in [0.3, 0.4) is 0 Å². The van der Waals surface area contributed by atoms with E-state index >= 15 is 0 Å². The Morgan fingerprint density at radius 3 is 2.83 bits per heavy atom. The molecule has 1 heterocycles. The quantitative estimate of drug-likeness (QED) is 0.580. The molecule has 0 aliphatic heterocycles. The van der Waals surface area contributed by atoms with Crippen LogP contribution in [0.5, 0.6) is 0 Å². The monoisotopic (exact) mass is 253 g/mol. The molecule has 0 aromatic carbocycles. The first-order valence-corrected chi connectivity index (χ1v) is 5.63. The summed E-state index contributed by atoms with van der Waals surface area (Å²) in [4.78, 5) is 19.6. The summed E-state index contributed by atoms with van der Waals surface area (Å²) in [7, 11) is 1.80. The van der Waals surface area contributed by atoms with Crippen molar-refractivity contribution in [3.63, 3.8) is 0 Å². The summed E-state index contributed by atoms with van der Waals surface area (Å²) in [5.74, 6) is 0.634. The number of nitro groups is 1. The first-order valence-electron chi connectivity index (χ1n) is 5.63. The number of hydrogen-bond donors (Lipinski definition) is 2. The van der Waals surface area contributed by atoms with Crippen LogP contribution in [0, 0.1) is 16.0 Å². The molecule has 98 valence electrons. The average molecular weight is 253 g/mol. The molecule has 0 radical (unpaired) electrons. The van der Waals surface area contributed by atoms with Gasteiger partial charge in [0, 0.05) is 13.6 Å². The van der Waals surface area contributed by atoms with E-state index in [-0.39, 0.29) is 17.6 Å². The molecule has 1 aliphatic rings. The number of hydrogen-bond acceptors (Lipinski definition) is 7. The highest BCUT2D eigenvalue weighted by Crippen LogP contribution is 2.28. The van der Waals surface area contributed by atoms with E-state index in [4.69, 9.17) is 5.73 Å². The molecule has 1 aromatic rings. The molecule has 1 aromatic heterocycles. The minimum absolute atomic E-state index is 0.134. The molecule has 1 saturated carbocycles. The Hall–Kier alpha value is -1.96. The van der Waals surface area contributed by atoms with Crippen LogP contribution in [0.4, 0.5) is 17.5 Å². The van der Waals surface area contributed by atoms with Crippen molar-refractivity contribution in [2.45, 2.75) is 18.9 Å². The van der Waals surface area contributed by atoms with E-state index in [1.54, 1.807) is 11.9 Å². The lowest BCUT2D eigenvalue weighted by Crippen LogP contribution is -2.37. The van der Waals surface area contributed by atoms with E-state index in [1.807, 2.05) is 0 Å². The lowest BCUT2D eigenvalue weighted by atomic mass is 9.82. The van der Waals surface area contributed by atoms with Crippen molar-refractivity contribution in [1.82, 2.24) is 9.97 Å². The molecule has 8 heteroatoms. The Kier molecular flexibility index (Phi) is 3.28. The van der Waals surface area contributed by atoms with Gasteiger partial charge >= 0.3 is 5.69 Å². The Morgan fingerprint density at radius 2 is 2.33 bits per heavy atom. The van der Waals surface area contributed by atoms with Gasteiger partial charge in [-0.25, -0.2) is 4.98 Å². The van der Waals surface area contributed by atoms with Crippen molar-refractivity contribution in [3.05, 3.63) is 16.3 Å². The third-order valence-corrected chi connectivity index (χ3v) is 3.07. The highest BCUT2D eigenvalue weighted by Gasteiger charge is 2.28. The Morgan fingerprint density at radius 1 is 1.67 bits per heavy atom. The third kappa shape index (κ3) is 2.48. The zero-order valence-corrected chi connectivity index (χ0v) is 9.98. The van der Waals surface area contributed by atoms with E-state index in [9.17, 15) is 15.2 Å². The summed E-state index contributed by atoms with van der Waals surface area (Å²) < 4.78 is 0. The van der Waals surface area contributed by atoms with Gasteiger partial charge in [-0.1, -0.05) is 0 Å². The smallest absolute Gasteiger partial charge is 0.329 e. The highest BCUT2D eigenvalue weighted by molar-refractivity contribution is 5.53. The van der Waals surface area contributed by atoms with Gasteiger partial charge in [-0.15, -0.1) is 0 Å². The van der Waals surface area contributed by atoms with E-state index < -0.39 is 4.92 Å². The van der Waals surface area contributed by atoms with Gasteiger partial charge in [0.05, 0.1) is 11.0 Å². The summed E-state index contributed by atoms with van der Waals surface area (Å²) in [5, 5.41) is 19.8. The highest BCUT2D eigenvalue weighted by atomic mass is 16.6. The molecule has 1 aliphatic carbocycles. The van der Waals surface area contributed by atoms with Crippen LogP contribution >= 0.6 is 0 Å². The van der Waals surface area contributed by atoms with Gasteiger partial charge < -0.3 is 15.7 Å². The van der Waals surface area contributed by atoms with Crippen molar-refractivity contribution in [1.29, 1.82) is 0 Å². The zero-order valence-electron chi connectivity index (χ0n) is 9.98. The molecule has 0 spiro atoms. The number of aliphatic hydroxyl groups is 1. The largest absolute Gasteiger partial charge is 0.393 e. The van der Waals surface area contributed by atoms with E-state index in [1.165, 1.54) is 0 Å². The summed E-state index contributed by atoms with van der Waals surface area (Å²) in [6.07, 6.45) is 2.45. The zero-order chi connectivity index (χ0) is 13.3. The second-order valence-electron chi connectivity index (χ2n) is 4.57. The van der Waals surface area contributed by atoms with Crippen LogP contribution in [0.1, 0.15) is 12.8 Å². The van der Waals surface area contributed by atoms with Gasteiger partial charge in [0.15, 0.2) is 0 Å². The van der Waals surface area contributed by atoms with Gasteiger partial charge in [0.1, 0.15) is 6.20 Å². The maximum atomic E-state index is 10.6. The number of nitrogens with two attached hydrogens (primary N) is 1. The number of nitrogens with zero attached hydrogens (tertiary/aromatic N) is 4. The first-order chi connectivity index (χ1) is 8.47. The minimum atomic E-state index is -0.610. The van der Waals surface area contributed by atoms with Crippen molar-refractivity contribution in [3.8, 4) is 0 Å². The molecule has 2 rings (SSSR count). The molecule has 0 atom stereocenters. The van der Waals surface area contributed by atoms with E-state index in [0.717, 1.165) is 19.0 Å². The SMILES string of the molecule is CN(CC1CC(O)C1)c1ncc([N+](=O)[O-])c(N)n1. The van der Waals surface area contributed by atoms with Gasteiger partial charge in [0.2, 0.25) is 11.8 Å². The molecular formula is C10H15N5O3. The van der Waals surface area contributed by atoms with E-state index in [0.29, 0.717) is 18.4 Å². The summed E-state index contributed by atoms with van der Waals surface area (Å²) in [6.45, 7) is 0.703. The number of nitrogen functional groups attached to an aromatic ring is 1. The normalized spacial score (nSPS) is 22.3. The van der Waals surface area contributed by atoms with E-state index in [2.05, 4.69) is 9.97 Å². The van der Waals surface area contributed by atoms with Crippen LogP contribution in [-0.4, -0.2) is 39.7 Å². The van der Waals surface area contributed by atoms with Crippen LogP contribution in [-0.2, 0) is 0 Å². The summed E-state index contributed by atoms with van der Waals surface area (Å²) in [6, 6.07) is 0. The number of aromatic nitrogens is 2. The number of aliphatic hydroxyl groups excluding tert-OH is 1. The molecule has 0 unspecified atom stereocenters. The van der Waals surface area contributed by atoms with Crippen LogP contribution in [0.2, 0.25) is 0 Å². The molecule has 0 bridgehead atoms. The third-order valence-electron chi connectivity index (χ3n) is 3.07. The van der Waals surface area contributed by atoms with Crippen LogP contribution < -0.4 is 10.6 Å². The predicted molar refractivity (Wildman–Crippen MR) is 65.1 cm³/mol. The molecular weight excluding hydrogens is 238 g/mol. The fraction of sp³-hybridized carbons (Fsp3) is 0.600. The standard InChI is InChI=1S/C10H15N5O3/c1-14(5-6-2-7(16)3-6)10-12-4-8(15(17)18)9(11)13-10/h4,6-7,16H,2-3,5H2,1H3,(H2,11,12,13). The minimum Gasteiger partial charge on any atom is -0.393 e. The van der Waals surface area contributed by atoms with Crippen LogP contribution in [0.25, 0.3) is 0 Å². The maximum absolute atomic E-state index is 10.6. The summed E-state index contributed by atoms with van der Waals surface area (Å²) >= 11 is 0. The molecule has 8 nitrogen and oxygen atoms in total. The van der Waals surface area contributed by atoms with Gasteiger partial charge in [-0.3, -0.25) is 10.1 Å².